The zero-order valence-electron chi connectivity index (χ0n) is 60.8. The van der Waals surface area contributed by atoms with Gasteiger partial charge in [-0.15, -0.1) is 0 Å². The van der Waals surface area contributed by atoms with Gasteiger partial charge in [0.05, 0.1) is 89.5 Å². The number of hydrogen-bond donors (Lipinski definition) is 2. The highest BCUT2D eigenvalue weighted by molar-refractivity contribution is 6.39. The highest BCUT2D eigenvalue weighted by Gasteiger charge is 2.74. The van der Waals surface area contributed by atoms with E-state index in [9.17, 15) is 83.9 Å². The van der Waals surface area contributed by atoms with Crippen LogP contribution in [0.1, 0.15) is 223 Å². The summed E-state index contributed by atoms with van der Waals surface area (Å²) < 4.78 is 180. The van der Waals surface area contributed by atoms with Crippen LogP contribution < -0.4 is 30.2 Å². The van der Waals surface area contributed by atoms with E-state index >= 15 is 26.3 Å². The largest absolute Gasteiger partial charge is 0.411 e. The number of imide groups is 6. The van der Waals surface area contributed by atoms with Crippen LogP contribution in [-0.2, 0) is 10.8 Å². The Labute approximate surface area is 646 Å². The van der Waals surface area contributed by atoms with Crippen molar-refractivity contribution in [3.05, 3.63) is 278 Å². The summed E-state index contributed by atoms with van der Waals surface area (Å²) in [5.74, 6) is -11.4. The van der Waals surface area contributed by atoms with Crippen molar-refractivity contribution in [2.75, 3.05) is 19.6 Å². The smallest absolute Gasteiger partial charge is 0.288 e. The number of halogens is 12. The van der Waals surface area contributed by atoms with Gasteiger partial charge >= 0.3 is 24.7 Å². The van der Waals surface area contributed by atoms with E-state index in [2.05, 4.69) is 0 Å². The number of aryl methyl sites for hydroxylation is 6. The number of benzene rings is 9. The molecule has 12 amide bonds. The molecule has 9 aromatic carbocycles. The Morgan fingerprint density at radius 1 is 0.226 bits per heavy atom. The molecule has 6 heterocycles. The van der Waals surface area contributed by atoms with Gasteiger partial charge in [0.1, 0.15) is 0 Å². The third kappa shape index (κ3) is 11.5. The minimum absolute atomic E-state index is 0. The number of alkyl halides is 12. The van der Waals surface area contributed by atoms with Crippen molar-refractivity contribution in [1.29, 1.82) is 0 Å². The van der Waals surface area contributed by atoms with Gasteiger partial charge in [-0.1, -0.05) is 69.5 Å². The molecule has 0 radical (unpaired) electrons. The van der Waals surface area contributed by atoms with Crippen LogP contribution >= 0.6 is 0 Å². The molecule has 18 nitrogen and oxygen atoms in total. The predicted molar refractivity (Wildman–Crippen MR) is 396 cm³/mol. The van der Waals surface area contributed by atoms with Crippen molar-refractivity contribution in [2.45, 2.75) is 127 Å². The van der Waals surface area contributed by atoms with E-state index in [1.54, 1.807) is 45.9 Å². The predicted octanol–water partition coefficient (Wildman–Crippen LogP) is 17.5. The van der Waals surface area contributed by atoms with Crippen molar-refractivity contribution in [1.82, 2.24) is 10.6 Å². The Bertz CT molecular complexity index is 6020. The molecule has 15 rings (SSSR count). The molecule has 30 heteroatoms. The Kier molecular flexibility index (Phi) is 19.2. The van der Waals surface area contributed by atoms with Crippen LogP contribution in [0.5, 0.6) is 0 Å². The molecule has 6 aliphatic heterocycles. The first-order valence-electron chi connectivity index (χ1n) is 34.3. The highest BCUT2D eigenvalue weighted by Crippen LogP contribution is 2.60. The normalized spacial score (nSPS) is 15.2. The fraction of sp³-hybridized carbons (Fsp3) is 0.224. The number of carbonyl (C=O) groups excluding carboxylic acids is 12. The lowest BCUT2D eigenvalue weighted by Crippen LogP contribution is -2.55. The third-order valence-corrected chi connectivity index (χ3v) is 22.2. The van der Waals surface area contributed by atoms with Gasteiger partial charge < -0.3 is 0 Å². The van der Waals surface area contributed by atoms with Crippen LogP contribution in [0, 0.1) is 76.2 Å². The summed E-state index contributed by atoms with van der Waals surface area (Å²) in [7, 11) is 0. The number of hydrogen-bond acceptors (Lipinski definition) is 12. The lowest BCUT2D eigenvalue weighted by Gasteiger charge is -2.38. The first kappa shape index (κ1) is 81.5. The number of amides is 12. The second-order valence-electron chi connectivity index (χ2n) is 28.5. The summed E-state index contributed by atoms with van der Waals surface area (Å²) in [6.07, 6.45) is -24.4. The fourth-order valence-electron chi connectivity index (χ4n) is 16.4. The minimum atomic E-state index is -6.17. The average Bonchev–Trinajstić information content (AvgIpc) is 1.69. The molecule has 0 aliphatic carbocycles. The zero-order valence-corrected chi connectivity index (χ0v) is 60.8. The van der Waals surface area contributed by atoms with Crippen LogP contribution in [-0.4, -0.2) is 95.6 Å². The fourth-order valence-corrected chi connectivity index (χ4v) is 16.4. The number of fused-ring (bicyclic) bond motifs is 6. The number of rotatable bonds is 9. The van der Waals surface area contributed by atoms with Gasteiger partial charge in [-0.2, -0.15) is 52.7 Å². The highest BCUT2D eigenvalue weighted by atomic mass is 19.4. The Morgan fingerprint density at radius 2 is 0.435 bits per heavy atom. The van der Waals surface area contributed by atoms with E-state index < -0.39 is 162 Å². The van der Waals surface area contributed by atoms with E-state index in [0.717, 1.165) is 54.1 Å². The molecule has 9 aromatic rings. The summed E-state index contributed by atoms with van der Waals surface area (Å²) in [5, 5.41) is 3.66. The number of anilines is 4. The molecule has 2 N–H and O–H groups in total. The maximum Gasteiger partial charge on any atom is 0.411 e. The zero-order chi connectivity index (χ0) is 82.6. The van der Waals surface area contributed by atoms with Crippen LogP contribution in [0.25, 0.3) is 11.1 Å². The monoisotopic (exact) mass is 1590 g/mol. The molecule has 0 aromatic heterocycles. The summed E-state index contributed by atoms with van der Waals surface area (Å²) in [4.78, 5) is 164. The average molecular weight is 1590 g/mol. The molecule has 590 valence electrons. The molecule has 0 saturated carbocycles. The van der Waals surface area contributed by atoms with E-state index in [-0.39, 0.29) is 76.4 Å². The molecule has 0 fully saturated rings. The van der Waals surface area contributed by atoms with Crippen molar-refractivity contribution in [3.63, 3.8) is 0 Å². The van der Waals surface area contributed by atoms with E-state index in [4.69, 9.17) is 0 Å². The van der Waals surface area contributed by atoms with Crippen molar-refractivity contribution in [2.24, 2.45) is 0 Å². The standard InChI is InChI=1S/C54H36F6N4O8.C29H20F6N2O4.2CH4/c1-22-16-23(2)41(27(6)26(22)5)62-46(67)34-12-8-29(18-38(34)49(62)70)30-9-13-35-39(19-30)50(71)63(47(35)68)42-24(3)17-25(4)43(28(42)7)64-48(69)36-15-11-32(21-40(36)51(64)72)52(53(55,56)57,54(58,59)60)31-10-14-33-37(20-31)45(66)61-44(33)65;1-12-9-13(2)22(15(4)14(12)3)37-25(40)19-8-6-17(11-21(19)26(37)41)27(28(30,31)32,29(33,34)35)16-5-7-18-20(10-16)24(39)36-23(18)38;;/h8-21H,1-7H3,(H,61,65,66);5-11H,1-4H3,(H,36,38,39);2*1H4. The second-order valence-corrected chi connectivity index (χ2v) is 28.5. The molecule has 0 bridgehead atoms. The Balaban J connectivity index is 0.000000242. The quantitative estimate of drug-likeness (QED) is 0.101. The molecule has 0 saturated heterocycles. The minimum Gasteiger partial charge on any atom is -0.288 e. The van der Waals surface area contributed by atoms with Gasteiger partial charge in [0.25, 0.3) is 70.9 Å². The summed E-state index contributed by atoms with van der Waals surface area (Å²) in [6, 6.07) is 20.3. The van der Waals surface area contributed by atoms with Gasteiger partial charge in [0.2, 0.25) is 10.8 Å². The number of nitrogens with one attached hydrogen (secondary N) is 2. The molecule has 115 heavy (non-hydrogen) atoms. The summed E-state index contributed by atoms with van der Waals surface area (Å²) in [5.41, 5.74) is -11.6. The third-order valence-electron chi connectivity index (χ3n) is 22.2. The van der Waals surface area contributed by atoms with Crippen molar-refractivity contribution < 1.29 is 110 Å². The maximum atomic E-state index is 15.3. The first-order chi connectivity index (χ1) is 52.6. The molecule has 0 atom stereocenters. The van der Waals surface area contributed by atoms with Crippen molar-refractivity contribution >= 4 is 93.6 Å². The van der Waals surface area contributed by atoms with Crippen LogP contribution in [0.2, 0.25) is 0 Å². The van der Waals surface area contributed by atoms with Crippen LogP contribution in [0.15, 0.2) is 127 Å². The van der Waals surface area contributed by atoms with Gasteiger partial charge in [0, 0.05) is 0 Å². The van der Waals surface area contributed by atoms with Crippen molar-refractivity contribution in [3.8, 4) is 11.1 Å². The van der Waals surface area contributed by atoms with Gasteiger partial charge in [-0.25, -0.2) is 19.6 Å². The maximum absolute atomic E-state index is 15.3. The SMILES string of the molecule is C.C.Cc1cc(C)c(N2C(=O)c3ccc(-c4ccc5c(c4)C(=O)N(c4c(C)cc(C)c(N6C(=O)c7ccc(C(c8ccc9c(c8)C(=O)NC9=O)(C(F)(F)F)C(F)(F)F)cc7C6=O)c4C)C5=O)cc3C2=O)c(C)c1C.Cc1cc(C)c(N2C(=O)c3ccc(C(c4ccc5c(c4)C(=O)NC5=O)(C(F)(F)F)C(F)(F)F)cc3C2=O)c(C)c1C. The summed E-state index contributed by atoms with van der Waals surface area (Å²) >= 11 is 0. The van der Waals surface area contributed by atoms with Crippen LogP contribution in [0.4, 0.5) is 75.4 Å². The van der Waals surface area contributed by atoms with E-state index in [1.165, 1.54) is 44.2 Å². The lowest BCUT2D eigenvalue weighted by molar-refractivity contribution is -0.290. The molecule has 0 unspecified atom stereocenters. The molecular weight excluding hydrogens is 1520 g/mol. The Hall–Kier alpha value is -13.0. The molecular formula is C85H64F12N6O12. The molecule has 0 spiro atoms. The van der Waals surface area contributed by atoms with Gasteiger partial charge in [0.15, 0.2) is 0 Å². The lowest BCUT2D eigenvalue weighted by atomic mass is 9.71. The van der Waals surface area contributed by atoms with E-state index in [1.807, 2.05) is 51.3 Å². The molecule has 6 aliphatic rings. The second kappa shape index (κ2) is 27.1. The van der Waals surface area contributed by atoms with Gasteiger partial charge in [-0.3, -0.25) is 68.2 Å². The van der Waals surface area contributed by atoms with Gasteiger partial charge in [-0.05, 0) is 244 Å². The van der Waals surface area contributed by atoms with E-state index in [0.29, 0.717) is 105 Å². The Morgan fingerprint density at radius 3 is 0.704 bits per heavy atom. The van der Waals surface area contributed by atoms with Crippen LogP contribution in [0.3, 0.4) is 0 Å². The first-order valence-corrected chi connectivity index (χ1v) is 34.3. The number of carbonyl (C=O) groups is 12. The number of nitrogens with zero attached hydrogens (tertiary/aromatic N) is 4. The summed E-state index contributed by atoms with van der Waals surface area (Å²) in [6.45, 7) is 18.8. The topological polar surface area (TPSA) is 242 Å².